The van der Waals surface area contributed by atoms with Gasteiger partial charge in [-0.15, -0.1) is 0 Å². The Morgan fingerprint density at radius 2 is 1.95 bits per heavy atom. The van der Waals surface area contributed by atoms with Gasteiger partial charge >= 0.3 is 0 Å². The van der Waals surface area contributed by atoms with Crippen molar-refractivity contribution in [2.24, 2.45) is 5.92 Å². The molecule has 1 aromatic carbocycles. The van der Waals surface area contributed by atoms with Crippen molar-refractivity contribution in [1.29, 1.82) is 0 Å². The lowest BCUT2D eigenvalue weighted by Crippen LogP contribution is -2.44. The minimum Gasteiger partial charge on any atom is -0.489 e. The molecule has 0 radical (unpaired) electrons. The van der Waals surface area contributed by atoms with Crippen molar-refractivity contribution in [2.45, 2.75) is 19.3 Å². The molecule has 0 aliphatic carbocycles. The number of nitrogens with one attached hydrogen (secondary N) is 2. The van der Waals surface area contributed by atoms with Crippen LogP contribution in [0.25, 0.3) is 11.0 Å². The first-order valence-electron chi connectivity index (χ1n) is 7.31. The van der Waals surface area contributed by atoms with Gasteiger partial charge in [0.25, 0.3) is 0 Å². The highest BCUT2D eigenvalue weighted by atomic mass is 16.5. The lowest BCUT2D eigenvalue weighted by molar-refractivity contribution is 0.296. The second-order valence-electron chi connectivity index (χ2n) is 5.70. The molecule has 2 aromatic rings. The summed E-state index contributed by atoms with van der Waals surface area (Å²) in [6.45, 7) is 5.83. The van der Waals surface area contributed by atoms with E-state index in [1.807, 2.05) is 12.1 Å². The molecule has 1 saturated heterocycles. The number of benzene rings is 1. The van der Waals surface area contributed by atoms with Crippen LogP contribution in [0.5, 0.6) is 11.5 Å². The summed E-state index contributed by atoms with van der Waals surface area (Å²) in [7, 11) is 0. The van der Waals surface area contributed by atoms with Crippen molar-refractivity contribution in [2.75, 3.05) is 26.3 Å². The average Bonchev–Trinajstić information content (AvgIpc) is 2.65. The second-order valence-corrected chi connectivity index (χ2v) is 5.70. The summed E-state index contributed by atoms with van der Waals surface area (Å²) >= 11 is 0. The Hall–Kier alpha value is -1.75. The molecule has 1 atom stereocenters. The zero-order valence-electron chi connectivity index (χ0n) is 11.6. The molecule has 3 heterocycles. The fraction of sp³-hybridized carbons (Fsp3) is 0.533. The summed E-state index contributed by atoms with van der Waals surface area (Å²) in [6, 6.07) is 4.00. The van der Waals surface area contributed by atoms with E-state index in [0.717, 1.165) is 47.9 Å². The molecule has 2 N–H and O–H groups in total. The van der Waals surface area contributed by atoms with Crippen molar-refractivity contribution in [3.8, 4) is 11.5 Å². The zero-order chi connectivity index (χ0) is 13.5. The van der Waals surface area contributed by atoms with Crippen LogP contribution in [-0.4, -0.2) is 36.3 Å². The Balaban J connectivity index is 1.71. The van der Waals surface area contributed by atoms with Crippen LogP contribution in [0.4, 0.5) is 0 Å². The van der Waals surface area contributed by atoms with Crippen molar-refractivity contribution in [3.05, 3.63) is 18.0 Å². The number of H-pyrrole nitrogens is 1. The Bertz CT molecular complexity index is 590. The molecule has 0 bridgehead atoms. The summed E-state index contributed by atoms with van der Waals surface area (Å²) in [5.74, 6) is 3.83. The van der Waals surface area contributed by atoms with Gasteiger partial charge in [-0.1, -0.05) is 6.92 Å². The van der Waals surface area contributed by atoms with Crippen LogP contribution in [0, 0.1) is 5.92 Å². The smallest absolute Gasteiger partial charge is 0.163 e. The molecule has 106 valence electrons. The lowest BCUT2D eigenvalue weighted by Gasteiger charge is -2.31. The molecule has 0 saturated carbocycles. The highest BCUT2D eigenvalue weighted by molar-refractivity contribution is 5.80. The average molecular weight is 273 g/mol. The monoisotopic (exact) mass is 273 g/mol. The number of ether oxygens (including phenoxy) is 2. The number of aromatic nitrogens is 2. The minimum atomic E-state index is 0.449. The maximum Gasteiger partial charge on any atom is 0.163 e. The SMILES string of the molecule is CC(c1nc2cc3c(cc2[nH]1)OCCCO3)C1CNC1. The third-order valence-corrected chi connectivity index (χ3v) is 4.32. The summed E-state index contributed by atoms with van der Waals surface area (Å²) in [6.07, 6.45) is 0.924. The van der Waals surface area contributed by atoms with Gasteiger partial charge in [-0.2, -0.15) is 0 Å². The van der Waals surface area contributed by atoms with Crippen LogP contribution in [0.15, 0.2) is 12.1 Å². The molecule has 5 nitrogen and oxygen atoms in total. The highest BCUT2D eigenvalue weighted by Gasteiger charge is 2.27. The number of fused-ring (bicyclic) bond motifs is 2. The van der Waals surface area contributed by atoms with E-state index in [1.54, 1.807) is 0 Å². The van der Waals surface area contributed by atoms with E-state index in [-0.39, 0.29) is 0 Å². The Labute approximate surface area is 117 Å². The molecule has 20 heavy (non-hydrogen) atoms. The molecule has 5 heteroatoms. The van der Waals surface area contributed by atoms with Gasteiger partial charge in [0.2, 0.25) is 0 Å². The van der Waals surface area contributed by atoms with Gasteiger partial charge in [-0.25, -0.2) is 4.98 Å². The summed E-state index contributed by atoms with van der Waals surface area (Å²) in [4.78, 5) is 8.18. The maximum atomic E-state index is 5.72. The molecule has 4 rings (SSSR count). The molecular formula is C15H19N3O2. The largest absolute Gasteiger partial charge is 0.489 e. The van der Waals surface area contributed by atoms with Gasteiger partial charge in [0.05, 0.1) is 24.2 Å². The second kappa shape index (κ2) is 4.66. The first-order chi connectivity index (χ1) is 9.81. The molecule has 1 unspecified atom stereocenters. The molecule has 1 aromatic heterocycles. The van der Waals surface area contributed by atoms with Crippen molar-refractivity contribution in [3.63, 3.8) is 0 Å². The van der Waals surface area contributed by atoms with Gasteiger partial charge in [0.1, 0.15) is 5.82 Å². The van der Waals surface area contributed by atoms with Crippen LogP contribution < -0.4 is 14.8 Å². The third-order valence-electron chi connectivity index (χ3n) is 4.32. The molecule has 2 aliphatic rings. The Morgan fingerprint density at radius 1 is 1.20 bits per heavy atom. The quantitative estimate of drug-likeness (QED) is 0.879. The Kier molecular flexibility index (Phi) is 2.80. The van der Waals surface area contributed by atoms with E-state index in [0.29, 0.717) is 25.0 Å². The van der Waals surface area contributed by atoms with Crippen LogP contribution >= 0.6 is 0 Å². The molecular weight excluding hydrogens is 254 g/mol. The van der Waals surface area contributed by atoms with Crippen LogP contribution in [0.2, 0.25) is 0 Å². The molecule has 0 spiro atoms. The van der Waals surface area contributed by atoms with Gasteiger partial charge in [-0.05, 0) is 19.0 Å². The number of rotatable bonds is 2. The topological polar surface area (TPSA) is 59.2 Å². The first kappa shape index (κ1) is 12.0. The number of imidazole rings is 1. The zero-order valence-corrected chi connectivity index (χ0v) is 11.6. The summed E-state index contributed by atoms with van der Waals surface area (Å²) in [5, 5.41) is 3.32. The third kappa shape index (κ3) is 1.93. The van der Waals surface area contributed by atoms with E-state index in [1.165, 1.54) is 0 Å². The van der Waals surface area contributed by atoms with Gasteiger partial charge in [0.15, 0.2) is 11.5 Å². The van der Waals surface area contributed by atoms with E-state index in [9.17, 15) is 0 Å². The summed E-state index contributed by atoms with van der Waals surface area (Å²) in [5.41, 5.74) is 1.99. The number of aromatic amines is 1. The summed E-state index contributed by atoms with van der Waals surface area (Å²) < 4.78 is 11.4. The maximum absolute atomic E-state index is 5.72. The van der Waals surface area contributed by atoms with E-state index >= 15 is 0 Å². The van der Waals surface area contributed by atoms with Crippen LogP contribution in [0.3, 0.4) is 0 Å². The normalized spacial score (nSPS) is 20.4. The van der Waals surface area contributed by atoms with Crippen molar-refractivity contribution in [1.82, 2.24) is 15.3 Å². The van der Waals surface area contributed by atoms with Gasteiger partial charge in [0, 0.05) is 24.5 Å². The van der Waals surface area contributed by atoms with Gasteiger partial charge in [-0.3, -0.25) is 0 Å². The van der Waals surface area contributed by atoms with E-state index in [4.69, 9.17) is 14.5 Å². The lowest BCUT2D eigenvalue weighted by atomic mass is 9.88. The molecule has 1 fully saturated rings. The van der Waals surface area contributed by atoms with Gasteiger partial charge < -0.3 is 19.8 Å². The predicted molar refractivity (Wildman–Crippen MR) is 76.5 cm³/mol. The van der Waals surface area contributed by atoms with Crippen LogP contribution in [0.1, 0.15) is 25.1 Å². The molecule has 0 amide bonds. The molecule has 2 aliphatic heterocycles. The fourth-order valence-electron chi connectivity index (χ4n) is 2.79. The first-order valence-corrected chi connectivity index (χ1v) is 7.31. The van der Waals surface area contributed by atoms with Crippen molar-refractivity contribution < 1.29 is 9.47 Å². The van der Waals surface area contributed by atoms with Crippen LogP contribution in [-0.2, 0) is 0 Å². The minimum absolute atomic E-state index is 0.449. The standard InChI is InChI=1S/C15H19N3O2/c1-9(10-7-16-8-10)15-17-11-5-13-14(6-12(11)18-15)20-4-2-3-19-13/h5-6,9-10,16H,2-4,7-8H2,1H3,(H,17,18). The number of hydrogen-bond acceptors (Lipinski definition) is 4. The van der Waals surface area contributed by atoms with E-state index in [2.05, 4.69) is 17.2 Å². The number of nitrogens with zero attached hydrogens (tertiary/aromatic N) is 1. The fourth-order valence-corrected chi connectivity index (χ4v) is 2.79. The predicted octanol–water partition coefficient (Wildman–Crippen LogP) is 2.05. The number of hydrogen-bond donors (Lipinski definition) is 2. The van der Waals surface area contributed by atoms with E-state index < -0.39 is 0 Å². The van der Waals surface area contributed by atoms with Crippen molar-refractivity contribution >= 4 is 11.0 Å². The Morgan fingerprint density at radius 3 is 2.65 bits per heavy atom. The highest BCUT2D eigenvalue weighted by Crippen LogP contribution is 2.35.